The molecule has 1 atom stereocenters. The molecule has 0 radical (unpaired) electrons. The summed E-state index contributed by atoms with van der Waals surface area (Å²) in [5.41, 5.74) is 2.00. The maximum atomic E-state index is 12.1. The van der Waals surface area contributed by atoms with E-state index >= 15 is 0 Å². The normalized spacial score (nSPS) is 23.6. The van der Waals surface area contributed by atoms with Crippen molar-refractivity contribution in [3.8, 4) is 0 Å². The number of hydrogen-bond donors (Lipinski definition) is 0. The number of rotatable bonds is 4. The molecule has 4 heteroatoms. The van der Waals surface area contributed by atoms with Gasteiger partial charge in [0.15, 0.2) is 0 Å². The molecule has 3 nitrogen and oxygen atoms in total. The van der Waals surface area contributed by atoms with Crippen LogP contribution in [0, 0.1) is 0 Å². The van der Waals surface area contributed by atoms with Gasteiger partial charge in [-0.2, -0.15) is 0 Å². The standard InChI is InChI=1S/C14H20N2OSe/c17-18-12-16(13-6-1-2-7-14(13)18)11-5-10-15-8-3-4-9-15/h1-2,6-7H,3-5,8-12H2. The van der Waals surface area contributed by atoms with Crippen molar-refractivity contribution < 1.29 is 3.83 Å². The van der Waals surface area contributed by atoms with Gasteiger partial charge in [-0.15, -0.1) is 0 Å². The van der Waals surface area contributed by atoms with Gasteiger partial charge < -0.3 is 0 Å². The van der Waals surface area contributed by atoms with E-state index in [0.717, 1.165) is 16.4 Å². The fourth-order valence-corrected chi connectivity index (χ4v) is 5.70. The fraction of sp³-hybridized carbons (Fsp3) is 0.571. The Balaban J connectivity index is 1.56. The molecule has 0 spiro atoms. The monoisotopic (exact) mass is 312 g/mol. The number of anilines is 1. The summed E-state index contributed by atoms with van der Waals surface area (Å²) in [4.78, 5) is 4.87. The van der Waals surface area contributed by atoms with Gasteiger partial charge in [-0.25, -0.2) is 0 Å². The maximum absolute atomic E-state index is 12.1. The summed E-state index contributed by atoms with van der Waals surface area (Å²) in [7, 11) is 0. The zero-order valence-corrected chi connectivity index (χ0v) is 12.4. The van der Waals surface area contributed by atoms with Crippen LogP contribution in [0.3, 0.4) is 0 Å². The Morgan fingerprint density at radius 1 is 1.11 bits per heavy atom. The van der Waals surface area contributed by atoms with E-state index in [1.54, 1.807) is 0 Å². The summed E-state index contributed by atoms with van der Waals surface area (Å²) in [5, 5.41) is 0. The third-order valence-corrected chi connectivity index (χ3v) is 6.72. The molecule has 0 aliphatic carbocycles. The van der Waals surface area contributed by atoms with E-state index < -0.39 is 13.8 Å². The second-order valence-corrected chi connectivity index (χ2v) is 8.02. The Morgan fingerprint density at radius 3 is 2.72 bits per heavy atom. The van der Waals surface area contributed by atoms with E-state index in [0.29, 0.717) is 0 Å². The Hall–Kier alpha value is -0.701. The molecule has 2 aliphatic heterocycles. The van der Waals surface area contributed by atoms with Gasteiger partial charge in [-0.05, 0) is 0 Å². The minimum absolute atomic E-state index is 0.777. The third kappa shape index (κ3) is 2.51. The topological polar surface area (TPSA) is 23.6 Å². The number of fused-ring (bicyclic) bond motifs is 1. The second kappa shape index (κ2) is 5.52. The van der Waals surface area contributed by atoms with Crippen molar-refractivity contribution in [1.82, 2.24) is 4.90 Å². The van der Waals surface area contributed by atoms with Crippen LogP contribution in [0.2, 0.25) is 0 Å². The van der Waals surface area contributed by atoms with E-state index in [-0.39, 0.29) is 0 Å². The van der Waals surface area contributed by atoms with Gasteiger partial charge in [0.25, 0.3) is 0 Å². The molecule has 1 aromatic carbocycles. The quantitative estimate of drug-likeness (QED) is 0.780. The predicted octanol–water partition coefficient (Wildman–Crippen LogP) is 1.16. The first-order chi connectivity index (χ1) is 8.84. The molecule has 2 aliphatic rings. The molecule has 1 fully saturated rings. The number of para-hydroxylation sites is 1. The van der Waals surface area contributed by atoms with Crippen LogP contribution in [0.15, 0.2) is 24.3 Å². The van der Waals surface area contributed by atoms with Crippen molar-refractivity contribution >= 4 is 24.0 Å². The zero-order chi connectivity index (χ0) is 12.4. The van der Waals surface area contributed by atoms with Crippen LogP contribution >= 0.6 is 0 Å². The van der Waals surface area contributed by atoms with Gasteiger partial charge in [0.05, 0.1) is 0 Å². The predicted molar refractivity (Wildman–Crippen MR) is 75.0 cm³/mol. The molecular weight excluding hydrogens is 291 g/mol. The van der Waals surface area contributed by atoms with Crippen LogP contribution in [-0.4, -0.2) is 50.4 Å². The summed E-state index contributed by atoms with van der Waals surface area (Å²) in [5.74, 6) is 0. The number of likely N-dealkylation sites (tertiary alicyclic amines) is 1. The first-order valence-corrected chi connectivity index (χ1v) is 9.56. The van der Waals surface area contributed by atoms with E-state index in [1.165, 1.54) is 44.6 Å². The Labute approximate surface area is 113 Å². The average Bonchev–Trinajstić information content (AvgIpc) is 3.00. The molecule has 0 N–H and O–H groups in total. The molecule has 0 bridgehead atoms. The molecule has 1 aromatic rings. The van der Waals surface area contributed by atoms with Crippen molar-refractivity contribution in [2.24, 2.45) is 0 Å². The molecule has 0 aromatic heterocycles. The SMILES string of the molecule is O=[Se]1CN(CCCN2CCCC2)c2ccccc21. The van der Waals surface area contributed by atoms with Crippen molar-refractivity contribution in [1.29, 1.82) is 0 Å². The van der Waals surface area contributed by atoms with Crippen LogP contribution in [0.25, 0.3) is 0 Å². The summed E-state index contributed by atoms with van der Waals surface area (Å²) in [6, 6.07) is 8.21. The summed E-state index contributed by atoms with van der Waals surface area (Å²) >= 11 is -1.78. The van der Waals surface area contributed by atoms with E-state index in [2.05, 4.69) is 21.9 Å². The molecular formula is C14H20N2OSe. The molecule has 1 unspecified atom stereocenters. The Kier molecular flexibility index (Phi) is 3.78. The van der Waals surface area contributed by atoms with Gasteiger partial charge in [0, 0.05) is 0 Å². The van der Waals surface area contributed by atoms with Gasteiger partial charge >= 0.3 is 113 Å². The van der Waals surface area contributed by atoms with Gasteiger partial charge in [-0.3, -0.25) is 0 Å². The van der Waals surface area contributed by atoms with Crippen LogP contribution in [0.1, 0.15) is 19.3 Å². The average molecular weight is 311 g/mol. The second-order valence-electron chi connectivity index (χ2n) is 5.11. The molecule has 1 saturated heterocycles. The van der Waals surface area contributed by atoms with Crippen molar-refractivity contribution in [3.63, 3.8) is 0 Å². The third-order valence-electron chi connectivity index (χ3n) is 3.83. The first-order valence-electron chi connectivity index (χ1n) is 6.79. The van der Waals surface area contributed by atoms with Crippen LogP contribution in [0.4, 0.5) is 5.69 Å². The number of nitrogens with zero attached hydrogens (tertiary/aromatic N) is 2. The van der Waals surface area contributed by atoms with Crippen molar-refractivity contribution in [2.45, 2.75) is 19.3 Å². The molecule has 2 heterocycles. The van der Waals surface area contributed by atoms with E-state index in [4.69, 9.17) is 0 Å². The molecule has 98 valence electrons. The molecule has 0 saturated carbocycles. The van der Waals surface area contributed by atoms with E-state index in [1.807, 2.05) is 12.1 Å². The molecule has 18 heavy (non-hydrogen) atoms. The summed E-state index contributed by atoms with van der Waals surface area (Å²) in [6.45, 7) is 4.79. The minimum atomic E-state index is -1.78. The fourth-order valence-electron chi connectivity index (χ4n) is 2.87. The summed E-state index contributed by atoms with van der Waals surface area (Å²) in [6.07, 6.45) is 3.91. The Bertz CT molecular complexity index is 443. The van der Waals surface area contributed by atoms with Crippen LogP contribution in [0.5, 0.6) is 0 Å². The van der Waals surface area contributed by atoms with Crippen LogP contribution in [-0.2, 0) is 3.83 Å². The van der Waals surface area contributed by atoms with Gasteiger partial charge in [-0.1, -0.05) is 0 Å². The van der Waals surface area contributed by atoms with Crippen molar-refractivity contribution in [2.75, 3.05) is 36.5 Å². The number of benzene rings is 1. The zero-order valence-electron chi connectivity index (χ0n) is 10.7. The molecule has 0 amide bonds. The first kappa shape index (κ1) is 12.3. The van der Waals surface area contributed by atoms with E-state index in [9.17, 15) is 3.83 Å². The van der Waals surface area contributed by atoms with Crippen molar-refractivity contribution in [3.05, 3.63) is 24.3 Å². The van der Waals surface area contributed by atoms with Gasteiger partial charge in [0.2, 0.25) is 0 Å². The number of hydrogen-bond acceptors (Lipinski definition) is 3. The Morgan fingerprint density at radius 2 is 1.89 bits per heavy atom. The van der Waals surface area contributed by atoms with Gasteiger partial charge in [0.1, 0.15) is 0 Å². The summed E-state index contributed by atoms with van der Waals surface area (Å²) < 4.78 is 13.2. The van der Waals surface area contributed by atoms with Crippen LogP contribution < -0.4 is 9.36 Å². The molecule has 3 rings (SSSR count).